The first-order valence-electron chi connectivity index (χ1n) is 7.67. The second-order valence-electron chi connectivity index (χ2n) is 8.07. The molecule has 0 aliphatic heterocycles. The molecule has 102 valence electrons. The second-order valence-corrected chi connectivity index (χ2v) is 8.07. The minimum absolute atomic E-state index is 0.364. The fraction of sp³-hybridized carbons (Fsp3) is 0.667. The summed E-state index contributed by atoms with van der Waals surface area (Å²) >= 11 is 0. The lowest BCUT2D eigenvalue weighted by Crippen LogP contribution is -2.72. The van der Waals surface area contributed by atoms with E-state index in [9.17, 15) is 5.11 Å². The van der Waals surface area contributed by atoms with Gasteiger partial charge in [-0.05, 0) is 53.4 Å². The molecule has 0 spiro atoms. The maximum Gasteiger partial charge on any atom is 0.0935 e. The van der Waals surface area contributed by atoms with E-state index < -0.39 is 5.60 Å². The number of rotatable bonds is 1. The minimum atomic E-state index is -0.552. The Morgan fingerprint density at radius 3 is 2.21 bits per heavy atom. The lowest BCUT2D eigenvalue weighted by Gasteiger charge is -2.76. The molecule has 0 unspecified atom stereocenters. The Bertz CT molecular complexity index is 520. The highest BCUT2D eigenvalue weighted by molar-refractivity contribution is 5.32. The Hall–Kier alpha value is -0.820. The van der Waals surface area contributed by atoms with Gasteiger partial charge in [-0.15, -0.1) is 0 Å². The minimum Gasteiger partial charge on any atom is -0.385 e. The summed E-state index contributed by atoms with van der Waals surface area (Å²) in [5.41, 5.74) is 1.45. The number of hydrogen-bond acceptors (Lipinski definition) is 1. The van der Waals surface area contributed by atoms with E-state index in [4.69, 9.17) is 0 Å². The zero-order chi connectivity index (χ0) is 13.5. The van der Waals surface area contributed by atoms with Crippen LogP contribution in [-0.2, 0) is 5.60 Å². The summed E-state index contributed by atoms with van der Waals surface area (Å²) in [4.78, 5) is 0. The van der Waals surface area contributed by atoms with E-state index in [-0.39, 0.29) is 0 Å². The molecule has 4 fully saturated rings. The van der Waals surface area contributed by atoms with Crippen molar-refractivity contribution in [2.24, 2.45) is 28.6 Å². The van der Waals surface area contributed by atoms with Gasteiger partial charge >= 0.3 is 0 Å². The Kier molecular flexibility index (Phi) is 2.05. The molecule has 5 rings (SSSR count). The third kappa shape index (κ3) is 1.21. The summed E-state index contributed by atoms with van der Waals surface area (Å²) in [5.74, 6) is 2.11. The Balaban J connectivity index is 1.70. The Morgan fingerprint density at radius 1 is 1.00 bits per heavy atom. The zero-order valence-corrected chi connectivity index (χ0v) is 12.2. The van der Waals surface area contributed by atoms with Gasteiger partial charge in [0.15, 0.2) is 0 Å². The third-order valence-electron chi connectivity index (χ3n) is 7.08. The van der Waals surface area contributed by atoms with Crippen LogP contribution in [0.25, 0.3) is 0 Å². The van der Waals surface area contributed by atoms with Crippen LogP contribution < -0.4 is 0 Å². The molecule has 0 aromatic heterocycles. The third-order valence-corrected chi connectivity index (χ3v) is 7.08. The van der Waals surface area contributed by atoms with Gasteiger partial charge in [0.25, 0.3) is 0 Å². The van der Waals surface area contributed by atoms with Crippen LogP contribution in [0.5, 0.6) is 0 Å². The number of benzene rings is 1. The van der Waals surface area contributed by atoms with Crippen LogP contribution in [-0.4, -0.2) is 5.11 Å². The van der Waals surface area contributed by atoms with Crippen LogP contribution in [0, 0.1) is 28.6 Å². The fourth-order valence-electron chi connectivity index (χ4n) is 5.92. The summed E-state index contributed by atoms with van der Waals surface area (Å²) in [7, 11) is 0. The van der Waals surface area contributed by atoms with Gasteiger partial charge in [-0.2, -0.15) is 0 Å². The van der Waals surface area contributed by atoms with Crippen molar-refractivity contribution < 1.29 is 5.11 Å². The van der Waals surface area contributed by atoms with Crippen molar-refractivity contribution >= 4 is 0 Å². The summed E-state index contributed by atoms with van der Waals surface area (Å²) in [6.45, 7) is 7.30. The predicted molar refractivity (Wildman–Crippen MR) is 76.5 cm³/mol. The molecule has 19 heavy (non-hydrogen) atoms. The SMILES string of the molecule is CC1(C)[C@@H]2C[C@H]1[C@@]1(C)C[C@](O)(c3ccccc3)[C@H]1C2. The van der Waals surface area contributed by atoms with Gasteiger partial charge in [-0.1, -0.05) is 51.1 Å². The van der Waals surface area contributed by atoms with Crippen molar-refractivity contribution in [3.63, 3.8) is 0 Å². The highest BCUT2D eigenvalue weighted by Gasteiger charge is 2.73. The molecule has 0 heterocycles. The largest absolute Gasteiger partial charge is 0.385 e. The summed E-state index contributed by atoms with van der Waals surface area (Å²) < 4.78 is 0. The van der Waals surface area contributed by atoms with E-state index in [1.807, 2.05) is 6.07 Å². The van der Waals surface area contributed by atoms with Crippen LogP contribution in [0.2, 0.25) is 0 Å². The van der Waals surface area contributed by atoms with E-state index in [1.165, 1.54) is 12.8 Å². The van der Waals surface area contributed by atoms with Crippen LogP contribution in [0.1, 0.15) is 45.6 Å². The predicted octanol–water partition coefficient (Wildman–Crippen LogP) is 3.97. The molecule has 4 aliphatic rings. The molecular formula is C18H24O. The van der Waals surface area contributed by atoms with Gasteiger partial charge in [-0.25, -0.2) is 0 Å². The van der Waals surface area contributed by atoms with Gasteiger partial charge in [0.2, 0.25) is 0 Å². The molecular weight excluding hydrogens is 232 g/mol. The van der Waals surface area contributed by atoms with Gasteiger partial charge in [0.1, 0.15) is 0 Å². The van der Waals surface area contributed by atoms with Crippen molar-refractivity contribution in [3.05, 3.63) is 35.9 Å². The van der Waals surface area contributed by atoms with Crippen LogP contribution in [0.4, 0.5) is 0 Å². The molecule has 0 radical (unpaired) electrons. The van der Waals surface area contributed by atoms with Crippen LogP contribution >= 0.6 is 0 Å². The summed E-state index contributed by atoms with van der Waals surface area (Å²) in [6, 6.07) is 10.3. The normalized spacial score (nSPS) is 49.8. The van der Waals surface area contributed by atoms with Crippen molar-refractivity contribution in [1.29, 1.82) is 0 Å². The molecule has 1 heteroatoms. The maximum absolute atomic E-state index is 11.2. The Labute approximate surface area is 116 Å². The highest BCUT2D eigenvalue weighted by Crippen LogP contribution is 2.77. The number of hydrogen-bond donors (Lipinski definition) is 1. The molecule has 1 aromatic rings. The average Bonchev–Trinajstić information content (AvgIpc) is 2.37. The van der Waals surface area contributed by atoms with Crippen molar-refractivity contribution in [1.82, 2.24) is 0 Å². The van der Waals surface area contributed by atoms with Gasteiger partial charge in [0, 0.05) is 0 Å². The van der Waals surface area contributed by atoms with E-state index >= 15 is 0 Å². The van der Waals surface area contributed by atoms with Gasteiger partial charge in [0.05, 0.1) is 5.60 Å². The summed E-state index contributed by atoms with van der Waals surface area (Å²) in [5, 5.41) is 11.2. The van der Waals surface area contributed by atoms with Crippen LogP contribution in [0.15, 0.2) is 30.3 Å². The molecule has 0 saturated heterocycles. The van der Waals surface area contributed by atoms with Gasteiger partial charge < -0.3 is 5.11 Å². The second kappa shape index (κ2) is 3.25. The van der Waals surface area contributed by atoms with E-state index in [2.05, 4.69) is 45.0 Å². The quantitative estimate of drug-likeness (QED) is 0.806. The first-order chi connectivity index (χ1) is 8.89. The van der Waals surface area contributed by atoms with Crippen molar-refractivity contribution in [3.8, 4) is 0 Å². The Morgan fingerprint density at radius 2 is 1.63 bits per heavy atom. The molecule has 5 atom stereocenters. The lowest BCUT2D eigenvalue weighted by atomic mass is 9.30. The van der Waals surface area contributed by atoms with E-state index in [0.29, 0.717) is 16.7 Å². The van der Waals surface area contributed by atoms with E-state index in [1.54, 1.807) is 0 Å². The standard InChI is InChI=1S/C18H24O/c1-16(2)13-9-14(16)17(3)11-18(19,15(17)10-13)12-7-5-4-6-8-12/h4-8,13-15,19H,9-11H2,1-3H3/t13-,14-,15+,17-,18+/m1/s1. The van der Waals surface area contributed by atoms with Crippen molar-refractivity contribution in [2.45, 2.75) is 45.6 Å². The highest BCUT2D eigenvalue weighted by atomic mass is 16.3. The molecule has 4 aliphatic carbocycles. The molecule has 4 saturated carbocycles. The maximum atomic E-state index is 11.2. The first kappa shape index (κ1) is 12.0. The topological polar surface area (TPSA) is 20.2 Å². The molecule has 0 amide bonds. The molecule has 1 nitrogen and oxygen atoms in total. The summed E-state index contributed by atoms with van der Waals surface area (Å²) in [6.07, 6.45) is 3.56. The zero-order valence-electron chi connectivity index (χ0n) is 12.2. The smallest absolute Gasteiger partial charge is 0.0935 e. The van der Waals surface area contributed by atoms with E-state index in [0.717, 1.165) is 23.8 Å². The number of aliphatic hydroxyl groups is 1. The molecule has 1 aromatic carbocycles. The monoisotopic (exact) mass is 256 g/mol. The van der Waals surface area contributed by atoms with Crippen LogP contribution in [0.3, 0.4) is 0 Å². The van der Waals surface area contributed by atoms with Crippen molar-refractivity contribution in [2.75, 3.05) is 0 Å². The first-order valence-corrected chi connectivity index (χ1v) is 7.67. The fourth-order valence-corrected chi connectivity index (χ4v) is 5.92. The van der Waals surface area contributed by atoms with Gasteiger partial charge in [-0.3, -0.25) is 0 Å². The lowest BCUT2D eigenvalue weighted by molar-refractivity contribution is -0.313. The average molecular weight is 256 g/mol. The molecule has 2 bridgehead atoms. The molecule has 1 N–H and O–H groups in total.